The van der Waals surface area contributed by atoms with Gasteiger partial charge in [0.1, 0.15) is 5.92 Å². The van der Waals surface area contributed by atoms with Crippen molar-refractivity contribution >= 4 is 11.6 Å². The monoisotopic (exact) mass is 242 g/mol. The van der Waals surface area contributed by atoms with Crippen LogP contribution in [0.5, 0.6) is 0 Å². The molecule has 0 saturated carbocycles. The minimum Gasteiger partial charge on any atom is -0.325 e. The Hall–Kier alpha value is -1.82. The Morgan fingerprint density at radius 3 is 2.94 bits per heavy atom. The molecule has 0 bridgehead atoms. The van der Waals surface area contributed by atoms with Gasteiger partial charge in [-0.25, -0.2) is 0 Å². The fourth-order valence-electron chi connectivity index (χ4n) is 2.45. The van der Waals surface area contributed by atoms with Gasteiger partial charge in [0.25, 0.3) is 0 Å². The van der Waals surface area contributed by atoms with Crippen LogP contribution in [0.15, 0.2) is 18.2 Å². The van der Waals surface area contributed by atoms with Crippen LogP contribution >= 0.6 is 0 Å². The van der Waals surface area contributed by atoms with Crippen molar-refractivity contribution in [2.45, 2.75) is 39.0 Å². The summed E-state index contributed by atoms with van der Waals surface area (Å²) in [5, 5.41) is 11.8. The molecule has 1 amide bonds. The molecule has 2 rings (SSSR count). The number of rotatable bonds is 3. The molecule has 3 heteroatoms. The van der Waals surface area contributed by atoms with E-state index in [1.54, 1.807) is 0 Å². The number of carbonyl (C=O) groups excluding carboxylic acids is 1. The Labute approximate surface area is 108 Å². The van der Waals surface area contributed by atoms with Crippen molar-refractivity contribution in [1.29, 1.82) is 5.26 Å². The second kappa shape index (κ2) is 5.68. The number of carbonyl (C=O) groups is 1. The van der Waals surface area contributed by atoms with Crippen LogP contribution in [0.4, 0.5) is 5.69 Å². The average Bonchev–Trinajstić information content (AvgIpc) is 2.40. The zero-order chi connectivity index (χ0) is 13.0. The van der Waals surface area contributed by atoms with Gasteiger partial charge in [0.15, 0.2) is 0 Å². The molecular formula is C15H18N2O. The fraction of sp³-hybridized carbons (Fsp3) is 0.467. The first-order valence-corrected chi connectivity index (χ1v) is 6.57. The van der Waals surface area contributed by atoms with Crippen molar-refractivity contribution < 1.29 is 4.79 Å². The van der Waals surface area contributed by atoms with Crippen molar-refractivity contribution in [3.05, 3.63) is 29.3 Å². The van der Waals surface area contributed by atoms with Crippen LogP contribution in [0.25, 0.3) is 0 Å². The fourth-order valence-corrected chi connectivity index (χ4v) is 2.45. The summed E-state index contributed by atoms with van der Waals surface area (Å²) in [6, 6.07) is 8.09. The standard InChI is InChI=1S/C15H18N2O/c1-2-11(10-16)15(18)17-14-9-5-7-12-6-3-4-8-13(12)14/h5,7,9,11H,2-4,6,8H2,1H3,(H,17,18). The number of amides is 1. The van der Waals surface area contributed by atoms with Crippen molar-refractivity contribution in [3.63, 3.8) is 0 Å². The Bertz CT molecular complexity index is 488. The molecule has 0 aromatic heterocycles. The van der Waals surface area contributed by atoms with Crippen LogP contribution < -0.4 is 5.32 Å². The zero-order valence-corrected chi connectivity index (χ0v) is 10.7. The maximum absolute atomic E-state index is 11.9. The van der Waals surface area contributed by atoms with Crippen LogP contribution in [-0.2, 0) is 17.6 Å². The van der Waals surface area contributed by atoms with E-state index in [4.69, 9.17) is 5.26 Å². The molecular weight excluding hydrogens is 224 g/mol. The van der Waals surface area contributed by atoms with Gasteiger partial charge in [-0.2, -0.15) is 5.26 Å². The number of hydrogen-bond acceptors (Lipinski definition) is 2. The Morgan fingerprint density at radius 2 is 2.22 bits per heavy atom. The van der Waals surface area contributed by atoms with Crippen molar-refractivity contribution in [2.75, 3.05) is 5.32 Å². The van der Waals surface area contributed by atoms with Gasteiger partial charge < -0.3 is 5.32 Å². The Kier molecular flexibility index (Phi) is 3.99. The van der Waals surface area contributed by atoms with Gasteiger partial charge in [-0.1, -0.05) is 19.1 Å². The van der Waals surface area contributed by atoms with Crippen LogP contribution in [0.1, 0.15) is 37.3 Å². The lowest BCUT2D eigenvalue weighted by atomic mass is 9.90. The summed E-state index contributed by atoms with van der Waals surface area (Å²) in [4.78, 5) is 11.9. The molecule has 94 valence electrons. The number of aryl methyl sites for hydroxylation is 1. The number of anilines is 1. The summed E-state index contributed by atoms with van der Waals surface area (Å²) in [6.45, 7) is 1.86. The lowest BCUT2D eigenvalue weighted by Crippen LogP contribution is -2.22. The van der Waals surface area contributed by atoms with E-state index in [0.29, 0.717) is 6.42 Å². The summed E-state index contributed by atoms with van der Waals surface area (Å²) >= 11 is 0. The van der Waals surface area contributed by atoms with E-state index in [1.807, 2.05) is 25.1 Å². The molecule has 0 aliphatic heterocycles. The molecule has 3 nitrogen and oxygen atoms in total. The molecule has 1 aromatic rings. The zero-order valence-electron chi connectivity index (χ0n) is 10.7. The minimum absolute atomic E-state index is 0.182. The largest absolute Gasteiger partial charge is 0.325 e. The van der Waals surface area contributed by atoms with Crippen LogP contribution in [0.3, 0.4) is 0 Å². The molecule has 0 spiro atoms. The third-order valence-corrected chi connectivity index (χ3v) is 3.53. The average molecular weight is 242 g/mol. The molecule has 1 N–H and O–H groups in total. The second-order valence-corrected chi connectivity index (χ2v) is 4.73. The maximum Gasteiger partial charge on any atom is 0.241 e. The first kappa shape index (κ1) is 12.6. The molecule has 0 saturated heterocycles. The molecule has 0 heterocycles. The van der Waals surface area contributed by atoms with E-state index < -0.39 is 5.92 Å². The lowest BCUT2D eigenvalue weighted by Gasteiger charge is -2.20. The Morgan fingerprint density at radius 1 is 1.44 bits per heavy atom. The van der Waals surface area contributed by atoms with Gasteiger partial charge in [-0.05, 0) is 49.3 Å². The number of fused-ring (bicyclic) bond motifs is 1. The summed E-state index contributed by atoms with van der Waals surface area (Å²) in [5.41, 5.74) is 3.49. The molecule has 1 atom stereocenters. The summed E-state index contributed by atoms with van der Waals surface area (Å²) in [5.74, 6) is -0.733. The summed E-state index contributed by atoms with van der Waals surface area (Å²) in [6.07, 6.45) is 5.07. The van der Waals surface area contributed by atoms with Gasteiger partial charge in [0.2, 0.25) is 5.91 Å². The van der Waals surface area contributed by atoms with Crippen LogP contribution in [-0.4, -0.2) is 5.91 Å². The molecule has 0 fully saturated rings. The third kappa shape index (κ3) is 2.53. The quantitative estimate of drug-likeness (QED) is 0.885. The number of benzene rings is 1. The van der Waals surface area contributed by atoms with E-state index >= 15 is 0 Å². The van der Waals surface area contributed by atoms with Crippen molar-refractivity contribution in [1.82, 2.24) is 0 Å². The highest BCUT2D eigenvalue weighted by Crippen LogP contribution is 2.28. The molecule has 1 aliphatic rings. The smallest absolute Gasteiger partial charge is 0.241 e. The highest BCUT2D eigenvalue weighted by Gasteiger charge is 2.18. The molecule has 1 aliphatic carbocycles. The number of hydrogen-bond donors (Lipinski definition) is 1. The van der Waals surface area contributed by atoms with E-state index in [0.717, 1.165) is 18.5 Å². The first-order valence-electron chi connectivity index (χ1n) is 6.57. The highest BCUT2D eigenvalue weighted by atomic mass is 16.1. The van der Waals surface area contributed by atoms with E-state index in [2.05, 4.69) is 11.4 Å². The Balaban J connectivity index is 2.20. The highest BCUT2D eigenvalue weighted by molar-refractivity contribution is 5.94. The van der Waals surface area contributed by atoms with Crippen molar-refractivity contribution in [2.24, 2.45) is 5.92 Å². The van der Waals surface area contributed by atoms with Crippen LogP contribution in [0, 0.1) is 17.2 Å². The van der Waals surface area contributed by atoms with E-state index in [9.17, 15) is 4.79 Å². The van der Waals surface area contributed by atoms with Gasteiger partial charge >= 0.3 is 0 Å². The molecule has 1 unspecified atom stereocenters. The molecule has 1 aromatic carbocycles. The lowest BCUT2D eigenvalue weighted by molar-refractivity contribution is -0.118. The second-order valence-electron chi connectivity index (χ2n) is 4.73. The van der Waals surface area contributed by atoms with Crippen molar-refractivity contribution in [3.8, 4) is 6.07 Å². The molecule has 0 radical (unpaired) electrons. The predicted molar refractivity (Wildman–Crippen MR) is 71.1 cm³/mol. The molecule has 18 heavy (non-hydrogen) atoms. The third-order valence-electron chi connectivity index (χ3n) is 3.53. The van der Waals surface area contributed by atoms with Gasteiger partial charge in [0, 0.05) is 5.69 Å². The summed E-state index contributed by atoms with van der Waals surface area (Å²) in [7, 11) is 0. The number of nitriles is 1. The summed E-state index contributed by atoms with van der Waals surface area (Å²) < 4.78 is 0. The SMILES string of the molecule is CCC(C#N)C(=O)Nc1cccc2c1CCCC2. The number of nitrogens with one attached hydrogen (secondary N) is 1. The van der Waals surface area contributed by atoms with E-state index in [1.165, 1.54) is 24.0 Å². The van der Waals surface area contributed by atoms with E-state index in [-0.39, 0.29) is 5.91 Å². The van der Waals surface area contributed by atoms with Gasteiger partial charge in [0.05, 0.1) is 6.07 Å². The number of nitrogens with zero attached hydrogens (tertiary/aromatic N) is 1. The van der Waals surface area contributed by atoms with Gasteiger partial charge in [-0.3, -0.25) is 4.79 Å². The van der Waals surface area contributed by atoms with Gasteiger partial charge in [-0.15, -0.1) is 0 Å². The predicted octanol–water partition coefficient (Wildman–Crippen LogP) is 3.05. The minimum atomic E-state index is -0.551. The normalized spacial score (nSPS) is 15.3. The topological polar surface area (TPSA) is 52.9 Å². The van der Waals surface area contributed by atoms with Crippen LogP contribution in [0.2, 0.25) is 0 Å². The maximum atomic E-state index is 11.9. The first-order chi connectivity index (χ1) is 8.76.